The number of aromatic nitrogens is 4. The predicted octanol–water partition coefficient (Wildman–Crippen LogP) is 1.16. The lowest BCUT2D eigenvalue weighted by Gasteiger charge is -2.36. The van der Waals surface area contributed by atoms with E-state index in [9.17, 15) is 10.2 Å². The number of rotatable bonds is 6. The van der Waals surface area contributed by atoms with Gasteiger partial charge in [-0.3, -0.25) is 9.88 Å². The summed E-state index contributed by atoms with van der Waals surface area (Å²) in [5.74, 6) is 1.38. The first-order chi connectivity index (χ1) is 12.6. The minimum Gasteiger partial charge on any atom is -0.395 e. The van der Waals surface area contributed by atoms with Gasteiger partial charge in [-0.25, -0.2) is 15.0 Å². The highest BCUT2D eigenvalue weighted by Crippen LogP contribution is 2.26. The number of aliphatic hydroxyl groups is 2. The minimum atomic E-state index is -0.201. The third kappa shape index (κ3) is 4.51. The lowest BCUT2D eigenvalue weighted by molar-refractivity contribution is 0.0545. The van der Waals surface area contributed by atoms with Gasteiger partial charge in [0.15, 0.2) is 5.82 Å². The number of nitrogens with zero attached hydrogens (tertiary/aromatic N) is 5. The van der Waals surface area contributed by atoms with Gasteiger partial charge < -0.3 is 15.5 Å². The summed E-state index contributed by atoms with van der Waals surface area (Å²) in [6.45, 7) is 5.44. The van der Waals surface area contributed by atoms with Gasteiger partial charge in [-0.1, -0.05) is 0 Å². The van der Waals surface area contributed by atoms with Crippen LogP contribution in [0, 0.1) is 13.8 Å². The summed E-state index contributed by atoms with van der Waals surface area (Å²) >= 11 is 0. The Morgan fingerprint density at radius 1 is 1.15 bits per heavy atom. The number of nitrogens with one attached hydrogen (secondary N) is 1. The standard InChI is InChI=1S/C18H26N6O2/c1-12-6-13(2)22-18(21-12)23-17-8-19-16(7-20-17)14-4-3-5-24(9-14)15(10-25)11-26/h6-8,14-15,25-26H,3-5,9-11H2,1-2H3,(H,20,21,22,23)/t14-/m0/s1. The van der Waals surface area contributed by atoms with Crippen molar-refractivity contribution in [1.82, 2.24) is 24.8 Å². The molecule has 2 aromatic rings. The van der Waals surface area contributed by atoms with Gasteiger partial charge >= 0.3 is 0 Å². The second kappa shape index (κ2) is 8.48. The SMILES string of the molecule is Cc1cc(C)nc(Nc2cnc([C@H]3CCCN(C(CO)CO)C3)cn2)n1. The number of aryl methyl sites for hydroxylation is 2. The van der Waals surface area contributed by atoms with Crippen LogP contribution < -0.4 is 5.32 Å². The van der Waals surface area contributed by atoms with Gasteiger partial charge in [0.1, 0.15) is 0 Å². The summed E-state index contributed by atoms with van der Waals surface area (Å²) < 4.78 is 0. The molecule has 3 rings (SSSR count). The van der Waals surface area contributed by atoms with Gasteiger partial charge in [-0.05, 0) is 39.3 Å². The molecule has 26 heavy (non-hydrogen) atoms. The fourth-order valence-corrected chi connectivity index (χ4v) is 3.38. The van der Waals surface area contributed by atoms with Crippen LogP contribution in [-0.2, 0) is 0 Å². The van der Waals surface area contributed by atoms with E-state index in [1.165, 1.54) is 0 Å². The average molecular weight is 358 g/mol. The number of anilines is 2. The Morgan fingerprint density at radius 2 is 1.88 bits per heavy atom. The normalized spacial score (nSPS) is 18.3. The van der Waals surface area contributed by atoms with Crippen molar-refractivity contribution in [1.29, 1.82) is 0 Å². The predicted molar refractivity (Wildman–Crippen MR) is 98.3 cm³/mol. The molecule has 1 fully saturated rings. The van der Waals surface area contributed by atoms with E-state index in [2.05, 4.69) is 30.2 Å². The van der Waals surface area contributed by atoms with Crippen molar-refractivity contribution in [2.45, 2.75) is 38.6 Å². The molecule has 3 N–H and O–H groups in total. The molecule has 0 saturated carbocycles. The van der Waals surface area contributed by atoms with Crippen molar-refractivity contribution in [3.05, 3.63) is 35.5 Å². The number of likely N-dealkylation sites (tertiary alicyclic amines) is 1. The van der Waals surface area contributed by atoms with E-state index in [4.69, 9.17) is 0 Å². The summed E-state index contributed by atoms with van der Waals surface area (Å²) in [5, 5.41) is 21.9. The van der Waals surface area contributed by atoms with Crippen LogP contribution in [0.25, 0.3) is 0 Å². The molecule has 2 aromatic heterocycles. The summed E-state index contributed by atoms with van der Waals surface area (Å²) in [4.78, 5) is 19.8. The number of piperidine rings is 1. The summed E-state index contributed by atoms with van der Waals surface area (Å²) in [7, 11) is 0. The van der Waals surface area contributed by atoms with Crippen LogP contribution in [0.1, 0.15) is 35.8 Å². The molecular formula is C18H26N6O2. The largest absolute Gasteiger partial charge is 0.395 e. The Balaban J connectivity index is 1.67. The molecule has 0 unspecified atom stereocenters. The minimum absolute atomic E-state index is 0.0341. The van der Waals surface area contributed by atoms with Gasteiger partial charge in [0.2, 0.25) is 5.95 Å². The van der Waals surface area contributed by atoms with Crippen LogP contribution in [0.3, 0.4) is 0 Å². The lowest BCUT2D eigenvalue weighted by atomic mass is 9.94. The van der Waals surface area contributed by atoms with Crippen molar-refractivity contribution in [2.75, 3.05) is 31.6 Å². The van der Waals surface area contributed by atoms with Gasteiger partial charge in [0.25, 0.3) is 0 Å². The molecule has 0 amide bonds. The summed E-state index contributed by atoms with van der Waals surface area (Å²) in [6.07, 6.45) is 5.53. The maximum Gasteiger partial charge on any atom is 0.228 e. The first-order valence-electron chi connectivity index (χ1n) is 8.96. The second-order valence-corrected chi connectivity index (χ2v) is 6.78. The zero-order valence-electron chi connectivity index (χ0n) is 15.3. The van der Waals surface area contributed by atoms with Crippen LogP contribution in [0.2, 0.25) is 0 Å². The quantitative estimate of drug-likeness (QED) is 0.706. The van der Waals surface area contributed by atoms with Crippen molar-refractivity contribution < 1.29 is 10.2 Å². The zero-order valence-corrected chi connectivity index (χ0v) is 15.3. The van der Waals surface area contributed by atoms with E-state index in [0.717, 1.165) is 43.0 Å². The van der Waals surface area contributed by atoms with Crippen molar-refractivity contribution in [2.24, 2.45) is 0 Å². The smallest absolute Gasteiger partial charge is 0.228 e. The van der Waals surface area contributed by atoms with Crippen LogP contribution in [0.5, 0.6) is 0 Å². The Labute approximate surface area is 153 Å². The Bertz CT molecular complexity index is 700. The highest BCUT2D eigenvalue weighted by Gasteiger charge is 2.27. The highest BCUT2D eigenvalue weighted by atomic mass is 16.3. The molecule has 0 bridgehead atoms. The number of hydrogen-bond acceptors (Lipinski definition) is 8. The molecule has 0 radical (unpaired) electrons. The van der Waals surface area contributed by atoms with Crippen LogP contribution in [-0.4, -0.2) is 67.4 Å². The van der Waals surface area contributed by atoms with E-state index in [1.54, 1.807) is 12.4 Å². The van der Waals surface area contributed by atoms with Crippen LogP contribution in [0.15, 0.2) is 18.5 Å². The van der Waals surface area contributed by atoms with E-state index in [1.807, 2.05) is 19.9 Å². The highest BCUT2D eigenvalue weighted by molar-refractivity contribution is 5.46. The Kier molecular flexibility index (Phi) is 6.08. The molecule has 8 nitrogen and oxygen atoms in total. The van der Waals surface area contributed by atoms with E-state index in [0.29, 0.717) is 11.8 Å². The molecular weight excluding hydrogens is 332 g/mol. The van der Waals surface area contributed by atoms with E-state index >= 15 is 0 Å². The third-order valence-electron chi connectivity index (χ3n) is 4.70. The van der Waals surface area contributed by atoms with E-state index < -0.39 is 0 Å². The topological polar surface area (TPSA) is 107 Å². The lowest BCUT2D eigenvalue weighted by Crippen LogP contribution is -2.45. The molecule has 0 aliphatic carbocycles. The summed E-state index contributed by atoms with van der Waals surface area (Å²) in [6, 6.07) is 1.72. The third-order valence-corrected chi connectivity index (χ3v) is 4.70. The van der Waals surface area contributed by atoms with Gasteiger partial charge in [0, 0.05) is 23.9 Å². The van der Waals surface area contributed by atoms with Crippen molar-refractivity contribution >= 4 is 11.8 Å². The molecule has 140 valence electrons. The Hall–Kier alpha value is -2.16. The van der Waals surface area contributed by atoms with Crippen molar-refractivity contribution in [3.8, 4) is 0 Å². The van der Waals surface area contributed by atoms with Gasteiger partial charge in [-0.2, -0.15) is 0 Å². The molecule has 1 aliphatic heterocycles. The van der Waals surface area contributed by atoms with Crippen LogP contribution in [0.4, 0.5) is 11.8 Å². The average Bonchev–Trinajstić information content (AvgIpc) is 2.63. The second-order valence-electron chi connectivity index (χ2n) is 6.78. The van der Waals surface area contributed by atoms with Gasteiger partial charge in [-0.15, -0.1) is 0 Å². The molecule has 3 heterocycles. The monoisotopic (exact) mass is 358 g/mol. The fourth-order valence-electron chi connectivity index (χ4n) is 3.38. The fraction of sp³-hybridized carbons (Fsp3) is 0.556. The molecule has 0 aromatic carbocycles. The first kappa shape index (κ1) is 18.6. The molecule has 0 spiro atoms. The van der Waals surface area contributed by atoms with Crippen molar-refractivity contribution in [3.63, 3.8) is 0 Å². The first-order valence-corrected chi connectivity index (χ1v) is 8.96. The van der Waals surface area contributed by atoms with E-state index in [-0.39, 0.29) is 25.2 Å². The maximum absolute atomic E-state index is 9.40. The molecule has 1 saturated heterocycles. The molecule has 1 atom stereocenters. The summed E-state index contributed by atoms with van der Waals surface area (Å²) in [5.41, 5.74) is 2.72. The maximum atomic E-state index is 9.40. The molecule has 8 heteroatoms. The number of hydrogen-bond donors (Lipinski definition) is 3. The Morgan fingerprint density at radius 3 is 2.50 bits per heavy atom. The van der Waals surface area contributed by atoms with Gasteiger partial charge in [0.05, 0.1) is 37.3 Å². The number of aliphatic hydroxyl groups excluding tert-OH is 2. The molecule has 1 aliphatic rings. The van der Waals surface area contributed by atoms with Crippen LogP contribution >= 0.6 is 0 Å². The zero-order chi connectivity index (χ0) is 18.5.